The number of hydrogen-bond acceptors (Lipinski definition) is 4. The van der Waals surface area contributed by atoms with Crippen LogP contribution in [0.4, 0.5) is 10.1 Å². The van der Waals surface area contributed by atoms with Gasteiger partial charge in [0.25, 0.3) is 0 Å². The van der Waals surface area contributed by atoms with Crippen LogP contribution in [0.2, 0.25) is 5.02 Å². The fourth-order valence-electron chi connectivity index (χ4n) is 1.67. The number of nitrogens with one attached hydrogen (secondary N) is 1. The Hall–Kier alpha value is -2.12. The van der Waals surface area contributed by atoms with E-state index < -0.39 is 26.7 Å². The van der Waals surface area contributed by atoms with E-state index in [0.29, 0.717) is 0 Å². The van der Waals surface area contributed by atoms with Crippen LogP contribution in [0.3, 0.4) is 0 Å². The second-order valence-corrected chi connectivity index (χ2v) is 6.24. The zero-order valence-corrected chi connectivity index (χ0v) is 12.9. The van der Waals surface area contributed by atoms with Gasteiger partial charge in [0.15, 0.2) is 5.75 Å². The second kappa shape index (κ2) is 6.33. The first-order chi connectivity index (χ1) is 10.3. The number of anilines is 1. The van der Waals surface area contributed by atoms with E-state index in [4.69, 9.17) is 15.8 Å². The van der Waals surface area contributed by atoms with Crippen LogP contribution in [0.25, 0.3) is 0 Å². The highest BCUT2D eigenvalue weighted by Gasteiger charge is 2.23. The molecule has 2 aromatic rings. The summed E-state index contributed by atoms with van der Waals surface area (Å²) in [4.78, 5) is 10.5. The minimum atomic E-state index is -4.40. The van der Waals surface area contributed by atoms with Gasteiger partial charge in [-0.25, -0.2) is 4.39 Å². The Morgan fingerprint density at radius 3 is 2.55 bits per heavy atom. The predicted octanol–water partition coefficient (Wildman–Crippen LogP) is 3.21. The van der Waals surface area contributed by atoms with Gasteiger partial charge in [0.2, 0.25) is 5.91 Å². The molecule has 1 N–H and O–H groups in total. The number of benzene rings is 2. The highest BCUT2D eigenvalue weighted by atomic mass is 35.5. The third-order valence-electron chi connectivity index (χ3n) is 2.56. The van der Waals surface area contributed by atoms with E-state index in [2.05, 4.69) is 5.32 Å². The number of amides is 1. The first kappa shape index (κ1) is 16.3. The second-order valence-electron chi connectivity index (χ2n) is 4.29. The van der Waals surface area contributed by atoms with Crippen molar-refractivity contribution < 1.29 is 21.8 Å². The molecule has 0 saturated carbocycles. The normalized spacial score (nSPS) is 11.0. The van der Waals surface area contributed by atoms with Gasteiger partial charge in [-0.1, -0.05) is 23.7 Å². The molecule has 0 unspecified atom stereocenters. The van der Waals surface area contributed by atoms with E-state index in [-0.39, 0.29) is 16.5 Å². The molecule has 116 valence electrons. The molecule has 0 saturated heterocycles. The molecule has 22 heavy (non-hydrogen) atoms. The van der Waals surface area contributed by atoms with Gasteiger partial charge >= 0.3 is 10.1 Å². The van der Waals surface area contributed by atoms with E-state index in [9.17, 15) is 17.6 Å². The molecule has 0 fully saturated rings. The first-order valence-corrected chi connectivity index (χ1v) is 7.84. The van der Waals surface area contributed by atoms with Crippen molar-refractivity contribution in [2.24, 2.45) is 0 Å². The van der Waals surface area contributed by atoms with Crippen LogP contribution in [-0.2, 0) is 14.9 Å². The molecule has 0 heterocycles. The average Bonchev–Trinajstić information content (AvgIpc) is 2.39. The van der Waals surface area contributed by atoms with Crippen molar-refractivity contribution in [1.29, 1.82) is 0 Å². The third-order valence-corrected chi connectivity index (χ3v) is 4.06. The van der Waals surface area contributed by atoms with E-state index in [1.54, 1.807) is 6.07 Å². The monoisotopic (exact) mass is 343 g/mol. The van der Waals surface area contributed by atoms with Crippen molar-refractivity contribution in [3.63, 3.8) is 0 Å². The molecule has 2 aromatic carbocycles. The van der Waals surface area contributed by atoms with E-state index in [0.717, 1.165) is 12.1 Å². The molecule has 8 heteroatoms. The minimum Gasteiger partial charge on any atom is -0.377 e. The number of rotatable bonds is 4. The van der Waals surface area contributed by atoms with Gasteiger partial charge in [-0.05, 0) is 30.3 Å². The van der Waals surface area contributed by atoms with Crippen molar-refractivity contribution in [2.75, 3.05) is 5.32 Å². The van der Waals surface area contributed by atoms with Crippen molar-refractivity contribution >= 4 is 33.3 Å². The quantitative estimate of drug-likeness (QED) is 0.865. The molecule has 0 aliphatic rings. The molecule has 0 aliphatic heterocycles. The summed E-state index contributed by atoms with van der Waals surface area (Å²) in [6.07, 6.45) is 0. The smallest absolute Gasteiger partial charge is 0.342 e. The Balaban J connectivity index is 2.39. The molecule has 0 radical (unpaired) electrons. The number of carbonyl (C=O) groups is 1. The maximum absolute atomic E-state index is 13.7. The van der Waals surface area contributed by atoms with Crippen LogP contribution < -0.4 is 9.50 Å². The Morgan fingerprint density at radius 2 is 1.91 bits per heavy atom. The van der Waals surface area contributed by atoms with Crippen molar-refractivity contribution in [2.45, 2.75) is 11.8 Å². The Kier molecular flexibility index (Phi) is 4.68. The van der Waals surface area contributed by atoms with Gasteiger partial charge in [0.05, 0.1) is 5.69 Å². The Labute approximate surface area is 131 Å². The molecule has 2 rings (SSSR count). The zero-order valence-electron chi connectivity index (χ0n) is 11.3. The predicted molar refractivity (Wildman–Crippen MR) is 80.0 cm³/mol. The van der Waals surface area contributed by atoms with Crippen molar-refractivity contribution in [1.82, 2.24) is 0 Å². The topological polar surface area (TPSA) is 72.5 Å². The van der Waals surface area contributed by atoms with Gasteiger partial charge < -0.3 is 9.50 Å². The summed E-state index contributed by atoms with van der Waals surface area (Å²) in [5, 5.41) is 2.49. The molecule has 0 aliphatic carbocycles. The SMILES string of the molecule is CC(=O)Nc1ccccc1OS(=O)(=O)c1ccc(Cl)cc1F. The van der Waals surface area contributed by atoms with E-state index >= 15 is 0 Å². The lowest BCUT2D eigenvalue weighted by Crippen LogP contribution is -2.14. The zero-order chi connectivity index (χ0) is 16.3. The maximum atomic E-state index is 13.7. The average molecular weight is 344 g/mol. The number of hydrogen-bond donors (Lipinski definition) is 1. The van der Waals surface area contributed by atoms with E-state index in [1.165, 1.54) is 31.2 Å². The largest absolute Gasteiger partial charge is 0.377 e. The minimum absolute atomic E-state index is 0.0649. The van der Waals surface area contributed by atoms with Crippen LogP contribution in [0.5, 0.6) is 5.75 Å². The molecular weight excluding hydrogens is 333 g/mol. The maximum Gasteiger partial charge on any atom is 0.342 e. The fraction of sp³-hybridized carbons (Fsp3) is 0.0714. The molecule has 1 amide bonds. The molecule has 0 atom stereocenters. The summed E-state index contributed by atoms with van der Waals surface area (Å²) in [6, 6.07) is 9.04. The van der Waals surface area contributed by atoms with Gasteiger partial charge in [0.1, 0.15) is 10.7 Å². The lowest BCUT2D eigenvalue weighted by atomic mass is 10.3. The molecule has 0 bridgehead atoms. The standard InChI is InChI=1S/C14H11ClFNO4S/c1-9(18)17-12-4-2-3-5-13(12)21-22(19,20)14-7-6-10(15)8-11(14)16/h2-8H,1H3,(H,17,18). The summed E-state index contributed by atoms with van der Waals surface area (Å²) in [5.74, 6) is -1.54. The third kappa shape index (κ3) is 3.75. The number of halogens is 2. The summed E-state index contributed by atoms with van der Waals surface area (Å²) in [7, 11) is -4.40. The van der Waals surface area contributed by atoms with Crippen LogP contribution in [0, 0.1) is 5.82 Å². The van der Waals surface area contributed by atoms with Crippen LogP contribution in [-0.4, -0.2) is 14.3 Å². The number of para-hydroxylation sites is 2. The summed E-state index contributed by atoms with van der Waals surface area (Å²) in [5.41, 5.74) is 0.160. The Morgan fingerprint density at radius 1 is 1.23 bits per heavy atom. The van der Waals surface area contributed by atoms with Crippen molar-refractivity contribution in [3.8, 4) is 5.75 Å². The summed E-state index contributed by atoms with van der Waals surface area (Å²) < 4.78 is 43.0. The molecule has 5 nitrogen and oxygen atoms in total. The molecular formula is C14H11ClFNO4S. The van der Waals surface area contributed by atoms with Crippen LogP contribution in [0.15, 0.2) is 47.4 Å². The lowest BCUT2D eigenvalue weighted by Gasteiger charge is -2.12. The van der Waals surface area contributed by atoms with Crippen molar-refractivity contribution in [3.05, 3.63) is 53.3 Å². The highest BCUT2D eigenvalue weighted by molar-refractivity contribution is 7.87. The van der Waals surface area contributed by atoms with Crippen LogP contribution in [0.1, 0.15) is 6.92 Å². The first-order valence-electron chi connectivity index (χ1n) is 6.06. The fourth-order valence-corrected chi connectivity index (χ4v) is 2.84. The van der Waals surface area contributed by atoms with Gasteiger partial charge in [-0.2, -0.15) is 8.42 Å². The van der Waals surface area contributed by atoms with Gasteiger partial charge in [-0.3, -0.25) is 4.79 Å². The molecule has 0 aromatic heterocycles. The van der Waals surface area contributed by atoms with Gasteiger partial charge in [-0.15, -0.1) is 0 Å². The molecule has 0 spiro atoms. The summed E-state index contributed by atoms with van der Waals surface area (Å²) >= 11 is 5.59. The summed E-state index contributed by atoms with van der Waals surface area (Å²) in [6.45, 7) is 1.27. The number of carbonyl (C=O) groups excluding carboxylic acids is 1. The highest BCUT2D eigenvalue weighted by Crippen LogP contribution is 2.28. The Bertz CT molecular complexity index is 823. The lowest BCUT2D eigenvalue weighted by molar-refractivity contribution is -0.114. The van der Waals surface area contributed by atoms with E-state index in [1.807, 2.05) is 0 Å². The van der Waals surface area contributed by atoms with Gasteiger partial charge in [0, 0.05) is 11.9 Å². The van der Waals surface area contributed by atoms with Crippen LogP contribution >= 0.6 is 11.6 Å².